The maximum atomic E-state index is 13.3. The van der Waals surface area contributed by atoms with Crippen LogP contribution in [0.5, 0.6) is 0 Å². The van der Waals surface area contributed by atoms with Crippen LogP contribution in [-0.2, 0) is 9.53 Å². The number of ether oxygens (including phenoxy) is 1. The van der Waals surface area contributed by atoms with Crippen LogP contribution in [-0.4, -0.2) is 48.7 Å². The van der Waals surface area contributed by atoms with Crippen LogP contribution in [0.3, 0.4) is 0 Å². The Labute approximate surface area is 172 Å². The molecule has 4 rings (SSSR count). The highest BCUT2D eigenvalue weighted by Crippen LogP contribution is 2.32. The summed E-state index contributed by atoms with van der Waals surface area (Å²) in [5, 5.41) is 7.85. The number of amides is 1. The topological polar surface area (TPSA) is 84.7 Å². The minimum atomic E-state index is -0.416. The van der Waals surface area contributed by atoms with E-state index in [1.807, 2.05) is 0 Å². The first-order valence-electron chi connectivity index (χ1n) is 9.79. The van der Waals surface area contributed by atoms with Crippen molar-refractivity contribution in [2.24, 2.45) is 0 Å². The molecule has 7 nitrogen and oxygen atoms in total. The van der Waals surface area contributed by atoms with E-state index in [-0.39, 0.29) is 24.2 Å². The number of esters is 1. The lowest BCUT2D eigenvalue weighted by Crippen LogP contribution is -2.38. The number of anilines is 1. The number of halogens is 1. The van der Waals surface area contributed by atoms with Crippen molar-refractivity contribution < 1.29 is 23.2 Å². The number of likely N-dealkylation sites (tertiary alicyclic amines) is 1. The molecule has 30 heavy (non-hydrogen) atoms. The van der Waals surface area contributed by atoms with Gasteiger partial charge in [0.2, 0.25) is 5.91 Å². The minimum absolute atomic E-state index is 0.110. The third kappa shape index (κ3) is 4.33. The van der Waals surface area contributed by atoms with Gasteiger partial charge in [-0.25, -0.2) is 9.18 Å². The second-order valence-corrected chi connectivity index (χ2v) is 7.38. The molecular formula is C22H22FN3O4. The number of nitrogens with zero attached hydrogens (tertiary/aromatic N) is 2. The summed E-state index contributed by atoms with van der Waals surface area (Å²) in [6.45, 7) is 1.81. The van der Waals surface area contributed by atoms with Crippen LogP contribution in [0, 0.1) is 5.82 Å². The molecule has 0 saturated carbocycles. The smallest absolute Gasteiger partial charge is 0.337 e. The molecule has 1 aromatic heterocycles. The third-order valence-electron chi connectivity index (χ3n) is 5.39. The largest absolute Gasteiger partial charge is 0.465 e. The Morgan fingerprint density at radius 3 is 2.63 bits per heavy atom. The molecule has 0 aliphatic carbocycles. The number of fused-ring (bicyclic) bond motifs is 1. The summed E-state index contributed by atoms with van der Waals surface area (Å²) in [5.41, 5.74) is 2.38. The Morgan fingerprint density at radius 2 is 1.93 bits per heavy atom. The monoisotopic (exact) mass is 411 g/mol. The van der Waals surface area contributed by atoms with Gasteiger partial charge >= 0.3 is 5.97 Å². The van der Waals surface area contributed by atoms with Crippen molar-refractivity contribution in [2.45, 2.75) is 18.8 Å². The first kappa shape index (κ1) is 20.0. The van der Waals surface area contributed by atoms with Crippen molar-refractivity contribution in [2.75, 3.05) is 32.1 Å². The summed E-state index contributed by atoms with van der Waals surface area (Å²) in [6.07, 6.45) is 1.69. The molecule has 0 spiro atoms. The number of carbonyl (C=O) groups is 2. The van der Waals surface area contributed by atoms with Crippen molar-refractivity contribution in [1.82, 2.24) is 10.1 Å². The molecule has 156 valence electrons. The zero-order valence-corrected chi connectivity index (χ0v) is 16.6. The Balaban J connectivity index is 1.30. The average molecular weight is 411 g/mol. The normalized spacial score (nSPS) is 15.3. The van der Waals surface area contributed by atoms with Gasteiger partial charge in [0.25, 0.3) is 0 Å². The number of aromatic nitrogens is 1. The van der Waals surface area contributed by atoms with Crippen molar-refractivity contribution in [3.8, 4) is 0 Å². The van der Waals surface area contributed by atoms with Crippen LogP contribution in [0.4, 0.5) is 10.1 Å². The molecule has 0 bridgehead atoms. The fourth-order valence-corrected chi connectivity index (χ4v) is 3.80. The van der Waals surface area contributed by atoms with Gasteiger partial charge < -0.3 is 14.6 Å². The molecule has 3 aromatic rings. The quantitative estimate of drug-likeness (QED) is 0.646. The summed E-state index contributed by atoms with van der Waals surface area (Å²) >= 11 is 0. The van der Waals surface area contributed by atoms with Crippen LogP contribution in [0.2, 0.25) is 0 Å². The van der Waals surface area contributed by atoms with Crippen molar-refractivity contribution in [1.29, 1.82) is 0 Å². The Hall–Kier alpha value is -3.26. The molecule has 1 aliphatic heterocycles. The summed E-state index contributed by atoms with van der Waals surface area (Å²) in [4.78, 5) is 25.9. The lowest BCUT2D eigenvalue weighted by atomic mass is 9.91. The molecule has 0 unspecified atom stereocenters. The Kier molecular flexibility index (Phi) is 5.76. The van der Waals surface area contributed by atoms with Crippen molar-refractivity contribution in [3.63, 3.8) is 0 Å². The summed E-state index contributed by atoms with van der Waals surface area (Å²) in [5.74, 6) is -0.643. The van der Waals surface area contributed by atoms with Gasteiger partial charge in [-0.2, -0.15) is 0 Å². The number of piperidine rings is 1. The highest BCUT2D eigenvalue weighted by Gasteiger charge is 2.26. The summed E-state index contributed by atoms with van der Waals surface area (Å²) in [7, 11) is 1.33. The molecule has 2 aromatic carbocycles. The van der Waals surface area contributed by atoms with E-state index in [0.29, 0.717) is 16.8 Å². The van der Waals surface area contributed by atoms with Gasteiger partial charge in [0.1, 0.15) is 5.82 Å². The fraction of sp³-hybridized carbons (Fsp3) is 0.318. The molecule has 1 fully saturated rings. The van der Waals surface area contributed by atoms with Gasteiger partial charge in [0, 0.05) is 23.1 Å². The highest BCUT2D eigenvalue weighted by molar-refractivity contribution is 5.94. The number of hydrogen-bond acceptors (Lipinski definition) is 6. The molecular weight excluding hydrogens is 389 g/mol. The zero-order chi connectivity index (χ0) is 21.1. The van der Waals surface area contributed by atoms with Crippen LogP contribution < -0.4 is 5.32 Å². The number of nitrogens with one attached hydrogen (secondary N) is 1. The lowest BCUT2D eigenvalue weighted by molar-refractivity contribution is -0.117. The number of hydrogen-bond donors (Lipinski definition) is 1. The fourth-order valence-electron chi connectivity index (χ4n) is 3.80. The molecule has 2 heterocycles. The first-order valence-corrected chi connectivity index (χ1v) is 9.79. The second kappa shape index (κ2) is 8.62. The number of rotatable bonds is 5. The average Bonchev–Trinajstić information content (AvgIpc) is 3.17. The first-order chi connectivity index (χ1) is 14.5. The zero-order valence-electron chi connectivity index (χ0n) is 16.6. The van der Waals surface area contributed by atoms with E-state index in [4.69, 9.17) is 4.52 Å². The van der Waals surface area contributed by atoms with Gasteiger partial charge in [0.05, 0.1) is 24.9 Å². The van der Waals surface area contributed by atoms with Gasteiger partial charge in [-0.1, -0.05) is 5.16 Å². The Bertz CT molecular complexity index is 1060. The van der Waals surface area contributed by atoms with E-state index in [1.54, 1.807) is 30.3 Å². The number of carbonyl (C=O) groups excluding carboxylic acids is 2. The standard InChI is InChI=1S/C22H22FN3O4/c1-29-22(28)15-2-5-17(6-3-15)24-20(27)13-26-10-8-14(9-11-26)21-18-7-4-16(23)12-19(18)30-25-21/h2-7,12,14H,8-11,13H2,1H3,(H,24,27). The van der Waals surface area contributed by atoms with Crippen LogP contribution >= 0.6 is 0 Å². The van der Waals surface area contributed by atoms with E-state index >= 15 is 0 Å². The van der Waals surface area contributed by atoms with Crippen LogP contribution in [0.15, 0.2) is 47.0 Å². The molecule has 0 radical (unpaired) electrons. The van der Waals surface area contributed by atoms with Gasteiger partial charge in [-0.3, -0.25) is 9.69 Å². The summed E-state index contributed by atoms with van der Waals surface area (Å²) in [6, 6.07) is 11.1. The maximum Gasteiger partial charge on any atom is 0.337 e. The molecule has 1 saturated heterocycles. The predicted octanol–water partition coefficient (Wildman–Crippen LogP) is 3.57. The van der Waals surface area contributed by atoms with Crippen LogP contribution in [0.25, 0.3) is 11.0 Å². The SMILES string of the molecule is COC(=O)c1ccc(NC(=O)CN2CCC(c3noc4cc(F)ccc34)CC2)cc1. The van der Waals surface area contributed by atoms with E-state index in [0.717, 1.165) is 37.0 Å². The van der Waals surface area contributed by atoms with Gasteiger partial charge in [-0.05, 0) is 62.3 Å². The van der Waals surface area contributed by atoms with E-state index in [9.17, 15) is 14.0 Å². The minimum Gasteiger partial charge on any atom is -0.465 e. The van der Waals surface area contributed by atoms with E-state index in [2.05, 4.69) is 20.1 Å². The number of benzene rings is 2. The summed E-state index contributed by atoms with van der Waals surface area (Å²) < 4.78 is 23.3. The Morgan fingerprint density at radius 1 is 1.20 bits per heavy atom. The molecule has 1 amide bonds. The van der Waals surface area contributed by atoms with Crippen LogP contribution in [0.1, 0.15) is 34.8 Å². The molecule has 8 heteroatoms. The van der Waals surface area contributed by atoms with E-state index in [1.165, 1.54) is 19.2 Å². The molecule has 0 atom stereocenters. The van der Waals surface area contributed by atoms with Crippen molar-refractivity contribution in [3.05, 3.63) is 59.5 Å². The number of methoxy groups -OCH3 is 1. The van der Waals surface area contributed by atoms with Crippen molar-refractivity contribution >= 4 is 28.5 Å². The predicted molar refractivity (Wildman–Crippen MR) is 109 cm³/mol. The molecule has 1 N–H and O–H groups in total. The third-order valence-corrected chi connectivity index (χ3v) is 5.39. The van der Waals surface area contributed by atoms with E-state index < -0.39 is 5.97 Å². The maximum absolute atomic E-state index is 13.3. The second-order valence-electron chi connectivity index (χ2n) is 7.38. The highest BCUT2D eigenvalue weighted by atomic mass is 19.1. The van der Waals surface area contributed by atoms with Gasteiger partial charge in [-0.15, -0.1) is 0 Å². The molecule has 1 aliphatic rings. The van der Waals surface area contributed by atoms with Gasteiger partial charge in [0.15, 0.2) is 5.58 Å². The lowest BCUT2D eigenvalue weighted by Gasteiger charge is -2.30.